The van der Waals surface area contributed by atoms with Gasteiger partial charge in [-0.1, -0.05) is 6.92 Å². The lowest BCUT2D eigenvalue weighted by molar-refractivity contribution is 0.145. The van der Waals surface area contributed by atoms with Crippen molar-refractivity contribution < 1.29 is 4.39 Å². The first kappa shape index (κ1) is 14.1. The minimum Gasteiger partial charge on any atom is -0.381 e. The van der Waals surface area contributed by atoms with Crippen LogP contribution >= 0.6 is 22.6 Å². The molecule has 3 atom stereocenters. The van der Waals surface area contributed by atoms with Gasteiger partial charge in [0.15, 0.2) is 0 Å². The fourth-order valence-electron chi connectivity index (χ4n) is 2.55. The highest BCUT2D eigenvalue weighted by molar-refractivity contribution is 14.1. The quantitative estimate of drug-likeness (QED) is 0.810. The smallest absolute Gasteiger partial charge is 0.124 e. The minimum atomic E-state index is -0.172. The predicted octanol–water partition coefficient (Wildman–Crippen LogP) is 3.57. The van der Waals surface area contributed by atoms with Crippen molar-refractivity contribution in [3.05, 3.63) is 27.6 Å². The molecule has 18 heavy (non-hydrogen) atoms. The molecule has 3 unspecified atom stereocenters. The molecule has 1 saturated heterocycles. The lowest BCUT2D eigenvalue weighted by Crippen LogP contribution is -2.48. The molecule has 0 radical (unpaired) electrons. The maximum absolute atomic E-state index is 13.1. The normalized spacial score (nSPS) is 29.3. The summed E-state index contributed by atoms with van der Waals surface area (Å²) in [4.78, 5) is 2.40. The Labute approximate surface area is 122 Å². The van der Waals surface area contributed by atoms with Crippen molar-refractivity contribution in [2.24, 2.45) is 5.92 Å². The molecule has 0 amide bonds. The molecule has 4 heteroatoms. The summed E-state index contributed by atoms with van der Waals surface area (Å²) in [7, 11) is 2.18. The molecule has 2 nitrogen and oxygen atoms in total. The Balaban J connectivity index is 2.08. The summed E-state index contributed by atoms with van der Waals surface area (Å²) < 4.78 is 14.0. The summed E-state index contributed by atoms with van der Waals surface area (Å²) in [5.74, 6) is 0.432. The van der Waals surface area contributed by atoms with Gasteiger partial charge in [0.25, 0.3) is 0 Å². The predicted molar refractivity (Wildman–Crippen MR) is 82.4 cm³/mol. The summed E-state index contributed by atoms with van der Waals surface area (Å²) in [5.41, 5.74) is 1.05. The Morgan fingerprint density at radius 1 is 1.39 bits per heavy atom. The van der Waals surface area contributed by atoms with Crippen molar-refractivity contribution >= 4 is 28.3 Å². The molecule has 1 aliphatic heterocycles. The number of nitrogens with one attached hydrogen (secondary N) is 1. The minimum absolute atomic E-state index is 0.172. The third-order valence-corrected chi connectivity index (χ3v) is 4.77. The molecule has 1 N–H and O–H groups in total. The van der Waals surface area contributed by atoms with E-state index in [2.05, 4.69) is 53.7 Å². The van der Waals surface area contributed by atoms with Crippen molar-refractivity contribution in [2.45, 2.75) is 32.4 Å². The van der Waals surface area contributed by atoms with Crippen LogP contribution in [0.1, 0.15) is 20.3 Å². The summed E-state index contributed by atoms with van der Waals surface area (Å²) in [6, 6.07) is 6.00. The van der Waals surface area contributed by atoms with E-state index in [1.807, 2.05) is 6.07 Å². The van der Waals surface area contributed by atoms with E-state index in [9.17, 15) is 4.39 Å². The Bertz CT molecular complexity index is 424. The second kappa shape index (κ2) is 5.74. The van der Waals surface area contributed by atoms with Crippen molar-refractivity contribution in [1.82, 2.24) is 4.90 Å². The average Bonchev–Trinajstić information content (AvgIpc) is 2.29. The van der Waals surface area contributed by atoms with E-state index in [-0.39, 0.29) is 5.82 Å². The maximum Gasteiger partial charge on any atom is 0.124 e. The van der Waals surface area contributed by atoms with Crippen LogP contribution in [0.2, 0.25) is 0 Å². The molecule has 1 aromatic rings. The highest BCUT2D eigenvalue weighted by atomic mass is 127. The van der Waals surface area contributed by atoms with Crippen LogP contribution in [0.3, 0.4) is 0 Å². The second-order valence-corrected chi connectivity index (χ2v) is 6.54. The summed E-state index contributed by atoms with van der Waals surface area (Å²) in [6.45, 7) is 5.64. The zero-order valence-electron chi connectivity index (χ0n) is 11.1. The van der Waals surface area contributed by atoms with E-state index in [1.165, 1.54) is 6.07 Å². The SMILES string of the molecule is CC1CN(C)C(C)CC1Nc1ccc(F)cc1I. The van der Waals surface area contributed by atoms with E-state index >= 15 is 0 Å². The molecule has 1 aliphatic rings. The number of likely N-dealkylation sites (tertiary alicyclic amines) is 1. The zero-order valence-corrected chi connectivity index (χ0v) is 13.2. The molecular formula is C14H20FIN2. The number of benzene rings is 1. The van der Waals surface area contributed by atoms with Gasteiger partial charge in [-0.15, -0.1) is 0 Å². The molecule has 0 aromatic heterocycles. The first-order chi connectivity index (χ1) is 8.47. The number of hydrogen-bond acceptors (Lipinski definition) is 2. The van der Waals surface area contributed by atoms with Gasteiger partial charge in [0.1, 0.15) is 5.82 Å². The third kappa shape index (κ3) is 3.15. The highest BCUT2D eigenvalue weighted by Gasteiger charge is 2.28. The van der Waals surface area contributed by atoms with Gasteiger partial charge in [-0.25, -0.2) is 4.39 Å². The Morgan fingerprint density at radius 3 is 2.78 bits per heavy atom. The lowest BCUT2D eigenvalue weighted by Gasteiger charge is -2.40. The Hall–Kier alpha value is -0.360. The standard InChI is InChI=1S/C14H20FIN2/c1-9-8-18(3)10(2)6-14(9)17-13-5-4-11(15)7-12(13)16/h4-5,7,9-10,14,17H,6,8H2,1-3H3. The molecule has 1 fully saturated rings. The third-order valence-electron chi connectivity index (χ3n) is 3.88. The molecule has 0 bridgehead atoms. The lowest BCUT2D eigenvalue weighted by atomic mass is 9.89. The van der Waals surface area contributed by atoms with E-state index in [1.54, 1.807) is 6.07 Å². The largest absolute Gasteiger partial charge is 0.381 e. The molecule has 100 valence electrons. The van der Waals surface area contributed by atoms with Gasteiger partial charge in [0.05, 0.1) is 0 Å². The number of hydrogen-bond donors (Lipinski definition) is 1. The topological polar surface area (TPSA) is 15.3 Å². The van der Waals surface area contributed by atoms with E-state index in [0.29, 0.717) is 18.0 Å². The monoisotopic (exact) mass is 362 g/mol. The van der Waals surface area contributed by atoms with E-state index in [4.69, 9.17) is 0 Å². The van der Waals surface area contributed by atoms with Crippen LogP contribution in [0.15, 0.2) is 18.2 Å². The number of anilines is 1. The van der Waals surface area contributed by atoms with Gasteiger partial charge >= 0.3 is 0 Å². The van der Waals surface area contributed by atoms with Crippen molar-refractivity contribution in [1.29, 1.82) is 0 Å². The van der Waals surface area contributed by atoms with Crippen LogP contribution in [0.4, 0.5) is 10.1 Å². The first-order valence-electron chi connectivity index (χ1n) is 6.39. The maximum atomic E-state index is 13.1. The molecule has 1 heterocycles. The molecule has 0 saturated carbocycles. The Kier molecular flexibility index (Phi) is 4.48. The van der Waals surface area contributed by atoms with Crippen LogP contribution in [0.5, 0.6) is 0 Å². The zero-order chi connectivity index (χ0) is 13.3. The van der Waals surface area contributed by atoms with Gasteiger partial charge in [0.2, 0.25) is 0 Å². The van der Waals surface area contributed by atoms with Crippen molar-refractivity contribution in [3.8, 4) is 0 Å². The number of nitrogens with zero attached hydrogens (tertiary/aromatic N) is 1. The summed E-state index contributed by atoms with van der Waals surface area (Å²) in [5, 5.41) is 3.58. The van der Waals surface area contributed by atoms with E-state index < -0.39 is 0 Å². The van der Waals surface area contributed by atoms with E-state index in [0.717, 1.165) is 22.2 Å². The van der Waals surface area contributed by atoms with Gasteiger partial charge < -0.3 is 10.2 Å². The number of rotatable bonds is 2. The fraction of sp³-hybridized carbons (Fsp3) is 0.571. The highest BCUT2D eigenvalue weighted by Crippen LogP contribution is 2.27. The molecule has 0 spiro atoms. The van der Waals surface area contributed by atoms with Crippen molar-refractivity contribution in [2.75, 3.05) is 18.9 Å². The first-order valence-corrected chi connectivity index (χ1v) is 7.47. The van der Waals surface area contributed by atoms with Crippen LogP contribution in [-0.2, 0) is 0 Å². The number of piperidine rings is 1. The van der Waals surface area contributed by atoms with Crippen LogP contribution in [0, 0.1) is 15.3 Å². The second-order valence-electron chi connectivity index (χ2n) is 5.38. The average molecular weight is 362 g/mol. The van der Waals surface area contributed by atoms with Gasteiger partial charge in [-0.3, -0.25) is 0 Å². The van der Waals surface area contributed by atoms with Crippen molar-refractivity contribution in [3.63, 3.8) is 0 Å². The molecule has 0 aliphatic carbocycles. The van der Waals surface area contributed by atoms with Crippen LogP contribution < -0.4 is 5.32 Å². The summed E-state index contributed by atoms with van der Waals surface area (Å²) >= 11 is 2.19. The molecule has 1 aromatic carbocycles. The Morgan fingerprint density at radius 2 is 2.11 bits per heavy atom. The van der Waals surface area contributed by atoms with Gasteiger partial charge in [-0.05, 0) is 67.1 Å². The van der Waals surface area contributed by atoms with Crippen LogP contribution in [-0.4, -0.2) is 30.6 Å². The fourth-order valence-corrected chi connectivity index (χ4v) is 3.18. The van der Waals surface area contributed by atoms with Gasteiger partial charge in [0, 0.05) is 27.9 Å². The summed E-state index contributed by atoms with van der Waals surface area (Å²) in [6.07, 6.45) is 1.13. The van der Waals surface area contributed by atoms with Crippen LogP contribution in [0.25, 0.3) is 0 Å². The number of halogens is 2. The molecular weight excluding hydrogens is 342 g/mol. The molecule has 2 rings (SSSR count). The van der Waals surface area contributed by atoms with Gasteiger partial charge in [-0.2, -0.15) is 0 Å².